The summed E-state index contributed by atoms with van der Waals surface area (Å²) in [5.41, 5.74) is 2.08. The standard InChI is InChI=1S/C22H22N2O4S/c1-28-20-13-7-17(8-14-20)15-23-22(25)18-9-11-19(12-10-18)24-16-29(26,27)21-5-3-2-4-6-21/h2-14,24H,15-16H2,1H3,(H,23,25). The highest BCUT2D eigenvalue weighted by molar-refractivity contribution is 7.91. The number of methoxy groups -OCH3 is 1. The van der Waals surface area contributed by atoms with Crippen LogP contribution in [0.25, 0.3) is 0 Å². The van der Waals surface area contributed by atoms with E-state index in [-0.39, 0.29) is 16.7 Å². The summed E-state index contributed by atoms with van der Waals surface area (Å²) >= 11 is 0. The van der Waals surface area contributed by atoms with Crippen LogP contribution in [0.1, 0.15) is 15.9 Å². The zero-order valence-corrected chi connectivity index (χ0v) is 16.8. The maximum Gasteiger partial charge on any atom is 0.251 e. The number of nitrogens with one attached hydrogen (secondary N) is 2. The van der Waals surface area contributed by atoms with Crippen LogP contribution in [0.3, 0.4) is 0 Å². The van der Waals surface area contributed by atoms with E-state index >= 15 is 0 Å². The molecule has 29 heavy (non-hydrogen) atoms. The van der Waals surface area contributed by atoms with Crippen molar-refractivity contribution in [3.63, 3.8) is 0 Å². The minimum absolute atomic E-state index is 0.204. The molecule has 0 heterocycles. The zero-order chi connectivity index (χ0) is 20.7. The normalized spacial score (nSPS) is 10.9. The average Bonchev–Trinajstić information content (AvgIpc) is 2.77. The van der Waals surface area contributed by atoms with Crippen molar-refractivity contribution >= 4 is 21.4 Å². The molecule has 0 saturated carbocycles. The summed E-state index contributed by atoms with van der Waals surface area (Å²) in [5.74, 6) is 0.335. The van der Waals surface area contributed by atoms with Gasteiger partial charge in [0.25, 0.3) is 5.91 Å². The summed E-state index contributed by atoms with van der Waals surface area (Å²) in [6.45, 7) is 0.401. The molecule has 0 fully saturated rings. The van der Waals surface area contributed by atoms with Gasteiger partial charge in [0.15, 0.2) is 9.84 Å². The zero-order valence-electron chi connectivity index (χ0n) is 16.0. The van der Waals surface area contributed by atoms with E-state index in [1.54, 1.807) is 61.7 Å². The first-order chi connectivity index (χ1) is 14.0. The van der Waals surface area contributed by atoms with E-state index in [1.807, 2.05) is 24.3 Å². The molecule has 0 aromatic heterocycles. The molecule has 3 rings (SSSR count). The number of hydrogen-bond donors (Lipinski definition) is 2. The Balaban J connectivity index is 1.54. The molecule has 6 nitrogen and oxygen atoms in total. The fourth-order valence-corrected chi connectivity index (χ4v) is 3.75. The van der Waals surface area contributed by atoms with Crippen LogP contribution in [0.5, 0.6) is 5.75 Å². The molecule has 0 saturated heterocycles. The lowest BCUT2D eigenvalue weighted by Crippen LogP contribution is -2.22. The topological polar surface area (TPSA) is 84.5 Å². The first-order valence-corrected chi connectivity index (χ1v) is 10.7. The summed E-state index contributed by atoms with van der Waals surface area (Å²) in [4.78, 5) is 12.6. The average molecular weight is 410 g/mol. The lowest BCUT2D eigenvalue weighted by atomic mass is 10.1. The molecule has 0 bridgehead atoms. The molecule has 1 amide bonds. The number of ether oxygens (including phenoxy) is 1. The van der Waals surface area contributed by atoms with Crippen LogP contribution in [-0.4, -0.2) is 27.3 Å². The highest BCUT2D eigenvalue weighted by atomic mass is 32.2. The van der Waals surface area contributed by atoms with Crippen LogP contribution in [0.15, 0.2) is 83.8 Å². The second kappa shape index (κ2) is 9.25. The molecule has 0 atom stereocenters. The minimum Gasteiger partial charge on any atom is -0.497 e. The summed E-state index contributed by atoms with van der Waals surface area (Å²) in [7, 11) is -1.83. The van der Waals surface area contributed by atoms with Gasteiger partial charge in [-0.2, -0.15) is 0 Å². The molecule has 0 unspecified atom stereocenters. The Kier molecular flexibility index (Phi) is 6.51. The molecule has 0 aliphatic heterocycles. The first-order valence-electron chi connectivity index (χ1n) is 9.01. The van der Waals surface area contributed by atoms with Crippen LogP contribution < -0.4 is 15.4 Å². The fraction of sp³-hybridized carbons (Fsp3) is 0.136. The number of sulfone groups is 1. The summed E-state index contributed by atoms with van der Waals surface area (Å²) in [5, 5.41) is 5.74. The minimum atomic E-state index is -3.43. The third-order valence-corrected chi connectivity index (χ3v) is 5.84. The van der Waals surface area contributed by atoms with Crippen LogP contribution in [0.4, 0.5) is 5.69 Å². The van der Waals surface area contributed by atoms with Crippen molar-refractivity contribution in [1.82, 2.24) is 5.32 Å². The van der Waals surface area contributed by atoms with Crippen molar-refractivity contribution in [3.8, 4) is 5.75 Å². The molecule has 3 aromatic carbocycles. The molecule has 0 aliphatic rings. The Hall–Kier alpha value is -3.32. The van der Waals surface area contributed by atoms with Crippen LogP contribution in [0, 0.1) is 0 Å². The van der Waals surface area contributed by atoms with Gasteiger partial charge in [-0.05, 0) is 54.1 Å². The van der Waals surface area contributed by atoms with E-state index in [9.17, 15) is 13.2 Å². The summed E-state index contributed by atoms with van der Waals surface area (Å²) < 4.78 is 29.7. The number of amides is 1. The third-order valence-electron chi connectivity index (χ3n) is 4.33. The molecular weight excluding hydrogens is 388 g/mol. The third kappa shape index (κ3) is 5.58. The smallest absolute Gasteiger partial charge is 0.251 e. The second-order valence-electron chi connectivity index (χ2n) is 6.36. The van der Waals surface area contributed by atoms with E-state index < -0.39 is 9.84 Å². The van der Waals surface area contributed by atoms with Gasteiger partial charge in [-0.3, -0.25) is 4.79 Å². The van der Waals surface area contributed by atoms with Gasteiger partial charge in [0.2, 0.25) is 0 Å². The first kappa shape index (κ1) is 20.4. The van der Waals surface area contributed by atoms with Crippen molar-refractivity contribution in [3.05, 3.63) is 90.0 Å². The highest BCUT2D eigenvalue weighted by Crippen LogP contribution is 2.14. The van der Waals surface area contributed by atoms with Crippen LogP contribution in [0.2, 0.25) is 0 Å². The maximum atomic E-state index is 12.3. The van der Waals surface area contributed by atoms with E-state index in [4.69, 9.17) is 4.74 Å². The van der Waals surface area contributed by atoms with Crippen molar-refractivity contribution in [1.29, 1.82) is 0 Å². The van der Waals surface area contributed by atoms with Crippen molar-refractivity contribution < 1.29 is 17.9 Å². The summed E-state index contributed by atoms with van der Waals surface area (Å²) in [6, 6.07) is 22.4. The Labute approximate surface area is 170 Å². The van der Waals surface area contributed by atoms with E-state index in [0.717, 1.165) is 11.3 Å². The molecule has 3 aromatic rings. The molecule has 7 heteroatoms. The van der Waals surface area contributed by atoms with Crippen LogP contribution in [-0.2, 0) is 16.4 Å². The van der Waals surface area contributed by atoms with Gasteiger partial charge >= 0.3 is 0 Å². The second-order valence-corrected chi connectivity index (χ2v) is 8.35. The predicted octanol–water partition coefficient (Wildman–Crippen LogP) is 3.47. The van der Waals surface area contributed by atoms with Gasteiger partial charge < -0.3 is 15.4 Å². The monoisotopic (exact) mass is 410 g/mol. The van der Waals surface area contributed by atoms with Crippen molar-refractivity contribution in [2.24, 2.45) is 0 Å². The quantitative estimate of drug-likeness (QED) is 0.594. The SMILES string of the molecule is COc1ccc(CNC(=O)c2ccc(NCS(=O)(=O)c3ccccc3)cc2)cc1. The Morgan fingerprint density at radius 2 is 1.55 bits per heavy atom. The number of rotatable bonds is 8. The van der Waals surface area contributed by atoms with Crippen molar-refractivity contribution in [2.45, 2.75) is 11.4 Å². The molecule has 0 spiro atoms. The Morgan fingerprint density at radius 1 is 0.897 bits per heavy atom. The number of hydrogen-bond acceptors (Lipinski definition) is 5. The van der Waals surface area contributed by atoms with Gasteiger partial charge in [-0.15, -0.1) is 0 Å². The lowest BCUT2D eigenvalue weighted by Gasteiger charge is -2.09. The molecule has 2 N–H and O–H groups in total. The molecule has 150 valence electrons. The summed E-state index contributed by atoms with van der Waals surface area (Å²) in [6.07, 6.45) is 0. The Bertz CT molecular complexity index is 1050. The van der Waals surface area contributed by atoms with Crippen molar-refractivity contribution in [2.75, 3.05) is 18.3 Å². The predicted molar refractivity (Wildman–Crippen MR) is 113 cm³/mol. The van der Waals surface area contributed by atoms with Gasteiger partial charge in [0.1, 0.15) is 11.6 Å². The van der Waals surface area contributed by atoms with Gasteiger partial charge in [-0.25, -0.2) is 8.42 Å². The van der Waals surface area contributed by atoms with E-state index in [2.05, 4.69) is 10.6 Å². The van der Waals surface area contributed by atoms with E-state index in [1.165, 1.54) is 0 Å². The number of carbonyl (C=O) groups excluding carboxylic acids is 1. The van der Waals surface area contributed by atoms with Gasteiger partial charge in [-0.1, -0.05) is 30.3 Å². The Morgan fingerprint density at radius 3 is 2.17 bits per heavy atom. The van der Waals surface area contributed by atoms with Crippen LogP contribution >= 0.6 is 0 Å². The highest BCUT2D eigenvalue weighted by Gasteiger charge is 2.13. The number of benzene rings is 3. The molecular formula is C22H22N2O4S. The maximum absolute atomic E-state index is 12.3. The van der Waals surface area contributed by atoms with Gasteiger partial charge in [0.05, 0.1) is 12.0 Å². The fourth-order valence-electron chi connectivity index (χ4n) is 2.66. The number of carbonyl (C=O) groups is 1. The molecule has 0 radical (unpaired) electrons. The van der Waals surface area contributed by atoms with Gasteiger partial charge in [0, 0.05) is 17.8 Å². The van der Waals surface area contributed by atoms with E-state index in [0.29, 0.717) is 17.8 Å². The molecule has 0 aliphatic carbocycles. The number of anilines is 1. The largest absolute Gasteiger partial charge is 0.497 e. The lowest BCUT2D eigenvalue weighted by molar-refractivity contribution is 0.0951.